The Kier molecular flexibility index (Phi) is 6.50. The van der Waals surface area contributed by atoms with Gasteiger partial charge in [0, 0.05) is 45.0 Å². The molecule has 1 aliphatic heterocycles. The van der Waals surface area contributed by atoms with Crippen molar-refractivity contribution in [1.82, 2.24) is 19.4 Å². The second-order valence-corrected chi connectivity index (χ2v) is 8.13. The zero-order valence-corrected chi connectivity index (χ0v) is 19.3. The van der Waals surface area contributed by atoms with Crippen molar-refractivity contribution in [2.75, 3.05) is 25.6 Å². The Bertz CT molecular complexity index is 1460. The first kappa shape index (κ1) is 23.9. The van der Waals surface area contributed by atoms with Gasteiger partial charge in [-0.3, -0.25) is 18.7 Å². The van der Waals surface area contributed by atoms with Crippen LogP contribution in [-0.4, -0.2) is 40.7 Å². The highest BCUT2D eigenvalue weighted by Gasteiger charge is 2.26. The second kappa shape index (κ2) is 9.53. The van der Waals surface area contributed by atoms with Gasteiger partial charge in [-0.05, 0) is 35.4 Å². The van der Waals surface area contributed by atoms with Crippen LogP contribution < -0.4 is 26.2 Å². The molecule has 0 unspecified atom stereocenters. The van der Waals surface area contributed by atoms with Gasteiger partial charge in [-0.25, -0.2) is 18.6 Å². The first-order chi connectivity index (χ1) is 16.7. The summed E-state index contributed by atoms with van der Waals surface area (Å²) in [7, 11) is 4.68. The normalized spacial score (nSPS) is 12.7. The molecule has 0 atom stereocenters. The number of rotatable bonds is 6. The number of carbonyl (C=O) groups excluding carboxylic acids is 1. The van der Waals surface area contributed by atoms with E-state index in [1.165, 1.54) is 30.9 Å². The number of ether oxygens (including phenoxy) is 1. The third-order valence-corrected chi connectivity index (χ3v) is 5.72. The molecule has 1 aromatic carbocycles. The van der Waals surface area contributed by atoms with E-state index in [1.54, 1.807) is 30.3 Å². The molecular formula is C24H23F2N5O4. The Morgan fingerprint density at radius 1 is 1.11 bits per heavy atom. The number of methoxy groups -OCH3 is 1. The van der Waals surface area contributed by atoms with Gasteiger partial charge in [-0.15, -0.1) is 0 Å². The van der Waals surface area contributed by atoms with E-state index in [4.69, 9.17) is 4.74 Å². The molecule has 11 heteroatoms. The van der Waals surface area contributed by atoms with Gasteiger partial charge >= 0.3 is 5.69 Å². The van der Waals surface area contributed by atoms with Crippen LogP contribution in [0.25, 0.3) is 6.08 Å². The summed E-state index contributed by atoms with van der Waals surface area (Å²) in [4.78, 5) is 44.7. The second-order valence-electron chi connectivity index (χ2n) is 8.13. The molecule has 4 rings (SSSR count). The maximum absolute atomic E-state index is 13.6. The molecular weight excluding hydrogens is 460 g/mol. The van der Waals surface area contributed by atoms with Crippen molar-refractivity contribution in [3.05, 3.63) is 91.3 Å². The third-order valence-electron chi connectivity index (χ3n) is 5.72. The Hall–Kier alpha value is -4.28. The lowest BCUT2D eigenvalue weighted by Crippen LogP contribution is -2.45. The summed E-state index contributed by atoms with van der Waals surface area (Å²) in [5, 5.41) is 2.81. The van der Waals surface area contributed by atoms with Crippen LogP contribution >= 0.6 is 0 Å². The first-order valence-electron chi connectivity index (χ1n) is 10.7. The van der Waals surface area contributed by atoms with Crippen LogP contribution in [0.1, 0.15) is 16.7 Å². The highest BCUT2D eigenvalue weighted by atomic mass is 19.2. The minimum Gasteiger partial charge on any atom is -0.481 e. The van der Waals surface area contributed by atoms with E-state index in [0.29, 0.717) is 17.3 Å². The van der Waals surface area contributed by atoms with E-state index in [9.17, 15) is 23.2 Å². The molecule has 0 saturated carbocycles. The molecule has 3 heterocycles. The maximum Gasteiger partial charge on any atom is 0.332 e. The summed E-state index contributed by atoms with van der Waals surface area (Å²) in [6.45, 7) is 0.149. The monoisotopic (exact) mass is 483 g/mol. The lowest BCUT2D eigenvalue weighted by molar-refractivity contribution is -0.117. The number of likely N-dealkylation sites (N-methyl/N-ethyl adjacent to an activating group) is 1. The first-order valence-corrected chi connectivity index (χ1v) is 10.7. The van der Waals surface area contributed by atoms with E-state index in [1.807, 2.05) is 0 Å². The van der Waals surface area contributed by atoms with Crippen molar-refractivity contribution in [2.24, 2.45) is 7.05 Å². The number of pyridine rings is 1. The summed E-state index contributed by atoms with van der Waals surface area (Å²) in [6.07, 6.45) is 3.03. The van der Waals surface area contributed by atoms with Gasteiger partial charge in [0.05, 0.1) is 19.2 Å². The predicted molar refractivity (Wildman–Crippen MR) is 125 cm³/mol. The number of halogens is 2. The molecule has 1 aliphatic rings. The maximum atomic E-state index is 13.6. The van der Waals surface area contributed by atoms with E-state index in [-0.39, 0.29) is 36.7 Å². The SMILES string of the molecule is COc1cc(CNC(=O)C2=Cc3c(n(C)c(=O)n(Cc4ccc(F)c(F)c4)c3=O)N(C)C2)ccn1. The Morgan fingerprint density at radius 2 is 1.89 bits per heavy atom. The largest absolute Gasteiger partial charge is 0.481 e. The minimum atomic E-state index is -1.07. The number of anilines is 1. The standard InChI is InChI=1S/C24H23F2N5O4/c1-29-13-16(21(32)28-11-14-6-7-27-20(9-14)35-3)10-17-22(29)30(2)24(34)31(23(17)33)12-15-4-5-18(25)19(26)8-15/h4-10H,11-13H2,1-3H3,(H,28,32). The van der Waals surface area contributed by atoms with E-state index in [2.05, 4.69) is 10.3 Å². The molecule has 0 saturated heterocycles. The highest BCUT2D eigenvalue weighted by Crippen LogP contribution is 2.24. The number of carbonyl (C=O) groups is 1. The average Bonchev–Trinajstić information content (AvgIpc) is 2.85. The lowest BCUT2D eigenvalue weighted by Gasteiger charge is -2.29. The fraction of sp³-hybridized carbons (Fsp3) is 0.250. The Balaban J connectivity index is 1.66. The van der Waals surface area contributed by atoms with Crippen molar-refractivity contribution >= 4 is 17.8 Å². The molecule has 0 spiro atoms. The number of fused-ring (bicyclic) bond motifs is 1. The topological polar surface area (TPSA) is 98.5 Å². The molecule has 1 amide bonds. The van der Waals surface area contributed by atoms with Gasteiger partial charge < -0.3 is 15.0 Å². The van der Waals surface area contributed by atoms with Gasteiger partial charge in [0.15, 0.2) is 11.6 Å². The number of amides is 1. The van der Waals surface area contributed by atoms with E-state index in [0.717, 1.165) is 22.3 Å². The zero-order chi connectivity index (χ0) is 25.3. The Morgan fingerprint density at radius 3 is 2.60 bits per heavy atom. The fourth-order valence-electron chi connectivity index (χ4n) is 3.98. The minimum absolute atomic E-state index is 0.152. The molecule has 182 valence electrons. The van der Waals surface area contributed by atoms with Gasteiger partial charge in [0.1, 0.15) is 5.82 Å². The zero-order valence-electron chi connectivity index (χ0n) is 19.3. The summed E-state index contributed by atoms with van der Waals surface area (Å²) in [6, 6.07) is 6.62. The van der Waals surface area contributed by atoms with Crippen LogP contribution in [0.15, 0.2) is 51.7 Å². The number of nitrogens with one attached hydrogen (secondary N) is 1. The molecule has 35 heavy (non-hydrogen) atoms. The van der Waals surface area contributed by atoms with Gasteiger partial charge in [0.2, 0.25) is 11.8 Å². The Labute approximate surface area is 198 Å². The molecule has 0 fully saturated rings. The lowest BCUT2D eigenvalue weighted by atomic mass is 10.1. The van der Waals surface area contributed by atoms with Crippen molar-refractivity contribution in [3.63, 3.8) is 0 Å². The molecule has 3 aromatic rings. The molecule has 9 nitrogen and oxygen atoms in total. The number of hydrogen-bond acceptors (Lipinski definition) is 6. The van der Waals surface area contributed by atoms with Gasteiger partial charge in [0.25, 0.3) is 5.56 Å². The smallest absolute Gasteiger partial charge is 0.332 e. The summed E-state index contributed by atoms with van der Waals surface area (Å²) in [5.41, 5.74) is 0.269. The number of aromatic nitrogens is 3. The molecule has 0 aliphatic carbocycles. The van der Waals surface area contributed by atoms with Crippen LogP contribution in [0.5, 0.6) is 5.88 Å². The van der Waals surface area contributed by atoms with Crippen LogP contribution in [0, 0.1) is 11.6 Å². The third kappa shape index (κ3) is 4.70. The summed E-state index contributed by atoms with van der Waals surface area (Å²) in [5.74, 6) is -1.69. The van der Waals surface area contributed by atoms with Crippen molar-refractivity contribution < 1.29 is 18.3 Å². The van der Waals surface area contributed by atoms with Crippen molar-refractivity contribution in [1.29, 1.82) is 0 Å². The summed E-state index contributed by atoms with van der Waals surface area (Å²) < 4.78 is 34.2. The number of nitrogens with zero attached hydrogens (tertiary/aromatic N) is 4. The number of benzene rings is 1. The average molecular weight is 483 g/mol. The van der Waals surface area contributed by atoms with Crippen LogP contribution in [0.2, 0.25) is 0 Å². The molecule has 2 aromatic heterocycles. The quantitative estimate of drug-likeness (QED) is 0.570. The van der Waals surface area contributed by atoms with Crippen molar-refractivity contribution in [2.45, 2.75) is 13.1 Å². The molecule has 0 bridgehead atoms. The van der Waals surface area contributed by atoms with Crippen molar-refractivity contribution in [3.8, 4) is 5.88 Å². The fourth-order valence-corrected chi connectivity index (χ4v) is 3.98. The highest BCUT2D eigenvalue weighted by molar-refractivity contribution is 6.00. The van der Waals surface area contributed by atoms with Crippen LogP contribution in [0.4, 0.5) is 14.6 Å². The summed E-state index contributed by atoms with van der Waals surface area (Å²) >= 11 is 0. The van der Waals surface area contributed by atoms with E-state index < -0.39 is 22.9 Å². The van der Waals surface area contributed by atoms with Crippen LogP contribution in [0.3, 0.4) is 0 Å². The molecule has 0 radical (unpaired) electrons. The molecule has 1 N–H and O–H groups in total. The predicted octanol–water partition coefficient (Wildman–Crippen LogP) is 1.43. The van der Waals surface area contributed by atoms with Gasteiger partial charge in [-0.1, -0.05) is 6.07 Å². The van der Waals surface area contributed by atoms with Crippen LogP contribution in [-0.2, 0) is 24.9 Å². The van der Waals surface area contributed by atoms with E-state index >= 15 is 0 Å². The van der Waals surface area contributed by atoms with Gasteiger partial charge in [-0.2, -0.15) is 0 Å². The number of hydrogen-bond donors (Lipinski definition) is 1.